The fraction of sp³-hybridized carbons (Fsp3) is 0.238. The van der Waals surface area contributed by atoms with Gasteiger partial charge in [0.2, 0.25) is 0 Å². The summed E-state index contributed by atoms with van der Waals surface area (Å²) < 4.78 is 6.77. The maximum absolute atomic E-state index is 13.0. The van der Waals surface area contributed by atoms with E-state index in [1.165, 1.54) is 4.57 Å². The fourth-order valence-electron chi connectivity index (χ4n) is 2.95. The summed E-state index contributed by atoms with van der Waals surface area (Å²) >= 11 is 5.89. The maximum Gasteiger partial charge on any atom is 0.307 e. The molecule has 0 atom stereocenters. The van der Waals surface area contributed by atoms with Crippen LogP contribution in [-0.2, 0) is 11.2 Å². The van der Waals surface area contributed by atoms with Gasteiger partial charge in [-0.15, -0.1) is 0 Å². The number of hydrogen-bond donors (Lipinski definition) is 3. The van der Waals surface area contributed by atoms with Crippen LogP contribution >= 0.6 is 11.6 Å². The Balaban J connectivity index is 0.000000687. The van der Waals surface area contributed by atoms with E-state index in [1.54, 1.807) is 56.5 Å². The molecule has 0 radical (unpaired) electrons. The molecule has 0 amide bonds. The van der Waals surface area contributed by atoms with Crippen LogP contribution in [0.25, 0.3) is 10.9 Å². The number of carboxylic acid groups (broad SMARTS) is 1. The van der Waals surface area contributed by atoms with Crippen LogP contribution in [0.1, 0.15) is 21.6 Å². The van der Waals surface area contributed by atoms with E-state index in [2.05, 4.69) is 0 Å². The van der Waals surface area contributed by atoms with Gasteiger partial charge in [-0.2, -0.15) is 0 Å². The number of nitrogens with zero attached hydrogens (tertiary/aromatic N) is 1. The summed E-state index contributed by atoms with van der Waals surface area (Å²) in [5, 5.41) is 18.2. The number of fused-ring (bicyclic) bond motifs is 1. The third-order valence-corrected chi connectivity index (χ3v) is 4.55. The molecule has 7 nitrogen and oxygen atoms in total. The molecule has 0 fully saturated rings. The van der Waals surface area contributed by atoms with Crippen molar-refractivity contribution < 1.29 is 24.5 Å². The molecule has 1 heterocycles. The highest BCUT2D eigenvalue weighted by Crippen LogP contribution is 2.30. The highest BCUT2D eigenvalue weighted by atomic mass is 35.5. The molecule has 0 saturated heterocycles. The number of hydrogen-bond acceptors (Lipinski definition) is 5. The molecular weight excluding hydrogens is 396 g/mol. The Bertz CT molecular complexity index is 1010. The summed E-state index contributed by atoms with van der Waals surface area (Å²) in [5.74, 6) is -0.583. The number of carboxylic acids is 1. The van der Waals surface area contributed by atoms with Gasteiger partial charge in [0.05, 0.1) is 25.7 Å². The number of aromatic nitrogens is 1. The van der Waals surface area contributed by atoms with Crippen molar-refractivity contribution in [3.63, 3.8) is 0 Å². The van der Waals surface area contributed by atoms with E-state index >= 15 is 0 Å². The molecule has 0 aliphatic carbocycles. The van der Waals surface area contributed by atoms with Gasteiger partial charge in [-0.1, -0.05) is 11.6 Å². The standard InChI is InChI=1S/C19H16ClNO4.C2H7NO/c1-11-15(10-18(22)23)16-9-14(25-2)7-8-17(16)21(11)19(24)12-3-5-13(20)6-4-12;3-1-2-4/h3-9H,10H2,1-2H3,(H,22,23);4H,1-3H2. The molecule has 1 aromatic heterocycles. The molecule has 3 rings (SSSR count). The van der Waals surface area contributed by atoms with Crippen molar-refractivity contribution in [1.29, 1.82) is 0 Å². The van der Waals surface area contributed by atoms with E-state index in [9.17, 15) is 14.7 Å². The van der Waals surface area contributed by atoms with Gasteiger partial charge in [-0.25, -0.2) is 0 Å². The zero-order valence-corrected chi connectivity index (χ0v) is 16.9. The van der Waals surface area contributed by atoms with E-state index in [0.29, 0.717) is 45.0 Å². The van der Waals surface area contributed by atoms with Crippen LogP contribution in [-0.4, -0.2) is 46.9 Å². The van der Waals surface area contributed by atoms with Gasteiger partial charge in [-0.3, -0.25) is 14.2 Å². The second-order valence-electron chi connectivity index (χ2n) is 6.18. The van der Waals surface area contributed by atoms with E-state index in [1.807, 2.05) is 0 Å². The lowest BCUT2D eigenvalue weighted by Crippen LogP contribution is -2.14. The Morgan fingerprint density at radius 3 is 2.31 bits per heavy atom. The topological polar surface area (TPSA) is 115 Å². The molecule has 0 spiro atoms. The first-order valence-corrected chi connectivity index (χ1v) is 9.22. The molecule has 29 heavy (non-hydrogen) atoms. The molecule has 8 heteroatoms. The largest absolute Gasteiger partial charge is 0.497 e. The predicted octanol–water partition coefficient (Wildman–Crippen LogP) is 2.86. The summed E-state index contributed by atoms with van der Waals surface area (Å²) in [6, 6.07) is 11.9. The van der Waals surface area contributed by atoms with Crippen LogP contribution in [0.5, 0.6) is 5.75 Å². The van der Waals surface area contributed by atoms with Crippen molar-refractivity contribution in [2.45, 2.75) is 13.3 Å². The number of carbonyl (C=O) groups excluding carboxylic acids is 1. The number of benzene rings is 2. The first-order valence-electron chi connectivity index (χ1n) is 8.85. The Kier molecular flexibility index (Phi) is 7.78. The van der Waals surface area contributed by atoms with Crippen LogP contribution in [0.2, 0.25) is 5.02 Å². The third kappa shape index (κ3) is 5.14. The number of halogens is 1. The summed E-state index contributed by atoms with van der Waals surface area (Å²) in [4.78, 5) is 24.3. The van der Waals surface area contributed by atoms with Gasteiger partial charge in [0.15, 0.2) is 0 Å². The predicted molar refractivity (Wildman–Crippen MR) is 112 cm³/mol. The van der Waals surface area contributed by atoms with E-state index in [0.717, 1.165) is 0 Å². The van der Waals surface area contributed by atoms with Gasteiger partial charge < -0.3 is 20.7 Å². The minimum absolute atomic E-state index is 0.0972. The monoisotopic (exact) mass is 418 g/mol. The smallest absolute Gasteiger partial charge is 0.307 e. The average Bonchev–Trinajstić information content (AvgIpc) is 2.98. The minimum atomic E-state index is -0.955. The lowest BCUT2D eigenvalue weighted by atomic mass is 10.1. The van der Waals surface area contributed by atoms with Crippen molar-refractivity contribution in [3.8, 4) is 5.75 Å². The molecule has 3 aromatic rings. The van der Waals surface area contributed by atoms with Crippen molar-refractivity contribution in [3.05, 3.63) is 64.3 Å². The van der Waals surface area contributed by atoms with Crippen LogP contribution in [0.3, 0.4) is 0 Å². The fourth-order valence-corrected chi connectivity index (χ4v) is 3.07. The number of aliphatic carboxylic acids is 1. The molecule has 0 aliphatic rings. The Morgan fingerprint density at radius 2 is 1.79 bits per heavy atom. The number of aliphatic hydroxyl groups is 1. The highest BCUT2D eigenvalue weighted by molar-refractivity contribution is 6.30. The van der Waals surface area contributed by atoms with Gasteiger partial charge in [0, 0.05) is 28.2 Å². The number of rotatable bonds is 5. The van der Waals surface area contributed by atoms with Gasteiger partial charge >= 0.3 is 5.97 Å². The summed E-state index contributed by atoms with van der Waals surface area (Å²) in [5.41, 5.74) is 7.10. The van der Waals surface area contributed by atoms with Crippen molar-refractivity contribution >= 4 is 34.4 Å². The zero-order chi connectivity index (χ0) is 21.6. The normalized spacial score (nSPS) is 10.4. The second kappa shape index (κ2) is 10.1. The van der Waals surface area contributed by atoms with Gasteiger partial charge in [0.1, 0.15) is 5.75 Å². The lowest BCUT2D eigenvalue weighted by Gasteiger charge is -2.08. The number of methoxy groups -OCH3 is 1. The van der Waals surface area contributed by atoms with Gasteiger partial charge in [0.25, 0.3) is 5.91 Å². The van der Waals surface area contributed by atoms with E-state index < -0.39 is 5.97 Å². The van der Waals surface area contributed by atoms with E-state index in [4.69, 9.17) is 27.2 Å². The van der Waals surface area contributed by atoms with Crippen LogP contribution in [0, 0.1) is 6.92 Å². The summed E-state index contributed by atoms with van der Waals surface area (Å²) in [6.07, 6.45) is -0.170. The zero-order valence-electron chi connectivity index (χ0n) is 16.2. The Morgan fingerprint density at radius 1 is 1.17 bits per heavy atom. The van der Waals surface area contributed by atoms with Crippen LogP contribution < -0.4 is 10.5 Å². The van der Waals surface area contributed by atoms with Crippen molar-refractivity contribution in [2.75, 3.05) is 20.3 Å². The molecule has 154 valence electrons. The average molecular weight is 419 g/mol. The van der Waals surface area contributed by atoms with Gasteiger partial charge in [-0.05, 0) is 55.0 Å². The lowest BCUT2D eigenvalue weighted by molar-refractivity contribution is -0.136. The first kappa shape index (κ1) is 22.4. The van der Waals surface area contributed by atoms with Crippen molar-refractivity contribution in [2.24, 2.45) is 5.73 Å². The van der Waals surface area contributed by atoms with Crippen LogP contribution in [0.15, 0.2) is 42.5 Å². The molecule has 0 saturated carbocycles. The molecule has 0 bridgehead atoms. The quantitative estimate of drug-likeness (QED) is 0.587. The summed E-state index contributed by atoms with van der Waals surface area (Å²) in [7, 11) is 1.54. The number of ether oxygens (including phenoxy) is 1. The Labute approximate surface area is 173 Å². The number of carbonyl (C=O) groups is 2. The third-order valence-electron chi connectivity index (χ3n) is 4.29. The summed E-state index contributed by atoms with van der Waals surface area (Å²) in [6.45, 7) is 2.22. The molecule has 2 aromatic carbocycles. The van der Waals surface area contributed by atoms with Crippen molar-refractivity contribution in [1.82, 2.24) is 4.57 Å². The minimum Gasteiger partial charge on any atom is -0.497 e. The highest BCUT2D eigenvalue weighted by Gasteiger charge is 2.21. The Hall–Kier alpha value is -2.87. The number of aliphatic hydroxyl groups excluding tert-OH is 1. The molecular formula is C21H23ClN2O5. The number of nitrogens with two attached hydrogens (primary N) is 1. The van der Waals surface area contributed by atoms with E-state index in [-0.39, 0.29) is 18.9 Å². The SMILES string of the molecule is COc1ccc2c(c1)c(CC(=O)O)c(C)n2C(=O)c1ccc(Cl)cc1.NCCO. The van der Waals surface area contributed by atoms with Crippen LogP contribution in [0.4, 0.5) is 0 Å². The first-order chi connectivity index (χ1) is 13.8. The molecule has 0 unspecified atom stereocenters. The molecule has 4 N–H and O–H groups in total. The maximum atomic E-state index is 13.0. The second-order valence-corrected chi connectivity index (χ2v) is 6.61. The molecule has 0 aliphatic heterocycles.